The molecule has 0 radical (unpaired) electrons. The Balaban J connectivity index is 1.91. The smallest absolute Gasteiger partial charge is 0.224 e. The Hall–Kier alpha value is -0.840. The van der Waals surface area contributed by atoms with E-state index in [9.17, 15) is 4.79 Å². The van der Waals surface area contributed by atoms with Crippen LogP contribution in [0.3, 0.4) is 0 Å². The van der Waals surface area contributed by atoms with Gasteiger partial charge < -0.3 is 5.32 Å². The maximum absolute atomic E-state index is 12.3. The van der Waals surface area contributed by atoms with Crippen molar-refractivity contribution in [1.82, 2.24) is 15.1 Å². The third-order valence-electron chi connectivity index (χ3n) is 4.14. The van der Waals surface area contributed by atoms with Crippen LogP contribution in [0.5, 0.6) is 0 Å². The van der Waals surface area contributed by atoms with Crippen LogP contribution < -0.4 is 5.32 Å². The van der Waals surface area contributed by atoms with E-state index >= 15 is 0 Å². The summed E-state index contributed by atoms with van der Waals surface area (Å²) in [6.45, 7) is 6.61. The van der Waals surface area contributed by atoms with Gasteiger partial charge in [0.1, 0.15) is 0 Å². The molecule has 112 valence electrons. The van der Waals surface area contributed by atoms with Crippen molar-refractivity contribution < 1.29 is 4.79 Å². The van der Waals surface area contributed by atoms with Crippen molar-refractivity contribution in [3.8, 4) is 0 Å². The fourth-order valence-electron chi connectivity index (χ4n) is 2.79. The largest absolute Gasteiger partial charge is 0.353 e. The van der Waals surface area contributed by atoms with Crippen LogP contribution in [0.1, 0.15) is 50.4 Å². The molecule has 1 heterocycles. The minimum absolute atomic E-state index is 0.0539. The second kappa shape index (κ2) is 6.74. The Morgan fingerprint density at radius 3 is 2.60 bits per heavy atom. The summed E-state index contributed by atoms with van der Waals surface area (Å²) in [5.74, 6) is 0.0994. The molecule has 0 aromatic carbocycles. The zero-order chi connectivity index (χ0) is 14.7. The van der Waals surface area contributed by atoms with Gasteiger partial charge in [-0.3, -0.25) is 9.48 Å². The average molecular weight is 342 g/mol. The lowest BCUT2D eigenvalue weighted by molar-refractivity contribution is -0.125. The van der Waals surface area contributed by atoms with Gasteiger partial charge in [-0.1, -0.05) is 26.2 Å². The number of nitrogens with one attached hydrogen (secondary N) is 1. The molecule has 0 spiro atoms. The minimum Gasteiger partial charge on any atom is -0.353 e. The summed E-state index contributed by atoms with van der Waals surface area (Å²) in [5, 5.41) is 7.66. The molecule has 1 atom stereocenters. The van der Waals surface area contributed by atoms with Gasteiger partial charge in [0.15, 0.2) is 0 Å². The molecule has 20 heavy (non-hydrogen) atoms. The topological polar surface area (TPSA) is 46.9 Å². The van der Waals surface area contributed by atoms with Gasteiger partial charge in [0.05, 0.1) is 22.6 Å². The number of aryl methyl sites for hydroxylation is 1. The quantitative estimate of drug-likeness (QED) is 0.912. The number of rotatable bonds is 4. The van der Waals surface area contributed by atoms with Gasteiger partial charge in [-0.25, -0.2) is 0 Å². The van der Waals surface area contributed by atoms with Crippen LogP contribution in [0.15, 0.2) is 4.47 Å². The second-order valence-electron chi connectivity index (χ2n) is 5.91. The van der Waals surface area contributed by atoms with E-state index in [0.29, 0.717) is 12.6 Å². The molecule has 0 unspecified atom stereocenters. The highest BCUT2D eigenvalue weighted by Gasteiger charge is 2.21. The monoisotopic (exact) mass is 341 g/mol. The molecule has 4 nitrogen and oxygen atoms in total. The van der Waals surface area contributed by atoms with Gasteiger partial charge in [-0.2, -0.15) is 5.10 Å². The normalized spacial score (nSPS) is 18.0. The van der Waals surface area contributed by atoms with Crippen LogP contribution in [0.25, 0.3) is 0 Å². The van der Waals surface area contributed by atoms with Crippen LogP contribution in [0.4, 0.5) is 0 Å². The minimum atomic E-state index is -0.0539. The Kier molecular flexibility index (Phi) is 5.24. The number of hydrogen-bond donors (Lipinski definition) is 1. The molecule has 1 N–H and O–H groups in total. The molecular weight excluding hydrogens is 318 g/mol. The SMILES string of the molecule is Cc1nn(C[C@H](C)C(=O)NC2CCCCC2)c(C)c1Br. The lowest BCUT2D eigenvalue weighted by atomic mass is 9.95. The first-order valence-corrected chi connectivity index (χ1v) is 8.28. The number of carbonyl (C=O) groups is 1. The van der Waals surface area contributed by atoms with Gasteiger partial charge in [0.25, 0.3) is 0 Å². The maximum Gasteiger partial charge on any atom is 0.224 e. The summed E-state index contributed by atoms with van der Waals surface area (Å²) in [4.78, 5) is 12.3. The third kappa shape index (κ3) is 3.62. The Morgan fingerprint density at radius 1 is 1.40 bits per heavy atom. The Morgan fingerprint density at radius 2 is 2.05 bits per heavy atom. The van der Waals surface area contributed by atoms with Gasteiger partial charge in [-0.15, -0.1) is 0 Å². The number of halogens is 1. The van der Waals surface area contributed by atoms with Crippen molar-refractivity contribution >= 4 is 21.8 Å². The molecule has 1 amide bonds. The zero-order valence-electron chi connectivity index (χ0n) is 12.6. The predicted molar refractivity (Wildman–Crippen MR) is 83.6 cm³/mol. The maximum atomic E-state index is 12.3. The van der Waals surface area contributed by atoms with E-state index in [2.05, 4.69) is 26.3 Å². The molecule has 1 fully saturated rings. The van der Waals surface area contributed by atoms with E-state index in [-0.39, 0.29) is 11.8 Å². The molecule has 1 aromatic rings. The van der Waals surface area contributed by atoms with E-state index in [1.807, 2.05) is 25.5 Å². The number of carbonyl (C=O) groups excluding carboxylic acids is 1. The molecule has 1 aromatic heterocycles. The highest BCUT2D eigenvalue weighted by atomic mass is 79.9. The van der Waals surface area contributed by atoms with Crippen LogP contribution in [-0.2, 0) is 11.3 Å². The lowest BCUT2D eigenvalue weighted by Crippen LogP contribution is -2.40. The fourth-order valence-corrected chi connectivity index (χ4v) is 3.07. The highest BCUT2D eigenvalue weighted by Crippen LogP contribution is 2.21. The summed E-state index contributed by atoms with van der Waals surface area (Å²) >= 11 is 3.52. The van der Waals surface area contributed by atoms with Gasteiger partial charge in [0, 0.05) is 11.7 Å². The molecule has 1 aliphatic carbocycles. The summed E-state index contributed by atoms with van der Waals surface area (Å²) in [6.07, 6.45) is 6.04. The van der Waals surface area contributed by atoms with E-state index in [1.165, 1.54) is 19.3 Å². The van der Waals surface area contributed by atoms with Crippen molar-refractivity contribution in [1.29, 1.82) is 0 Å². The number of amides is 1. The van der Waals surface area contributed by atoms with Crippen molar-refractivity contribution in [3.05, 3.63) is 15.9 Å². The summed E-state index contributed by atoms with van der Waals surface area (Å²) < 4.78 is 2.96. The van der Waals surface area contributed by atoms with E-state index in [1.54, 1.807) is 0 Å². The number of aromatic nitrogens is 2. The molecule has 2 rings (SSSR count). The first-order valence-electron chi connectivity index (χ1n) is 7.49. The van der Waals surface area contributed by atoms with Crippen LogP contribution >= 0.6 is 15.9 Å². The van der Waals surface area contributed by atoms with E-state index < -0.39 is 0 Å². The summed E-state index contributed by atoms with van der Waals surface area (Å²) in [6, 6.07) is 0.380. The number of nitrogens with zero attached hydrogens (tertiary/aromatic N) is 2. The predicted octanol–water partition coefficient (Wildman–Crippen LogP) is 3.35. The van der Waals surface area contributed by atoms with Crippen LogP contribution in [-0.4, -0.2) is 21.7 Å². The summed E-state index contributed by atoms with van der Waals surface area (Å²) in [7, 11) is 0. The van der Waals surface area contributed by atoms with Crippen molar-refractivity contribution in [2.45, 2.75) is 65.5 Å². The van der Waals surface area contributed by atoms with Crippen LogP contribution in [0.2, 0.25) is 0 Å². The number of hydrogen-bond acceptors (Lipinski definition) is 2. The fraction of sp³-hybridized carbons (Fsp3) is 0.733. The Labute approximate surface area is 129 Å². The molecule has 1 aliphatic rings. The molecule has 1 saturated carbocycles. The van der Waals surface area contributed by atoms with E-state index in [0.717, 1.165) is 28.7 Å². The van der Waals surface area contributed by atoms with Gasteiger partial charge in [0.2, 0.25) is 5.91 Å². The van der Waals surface area contributed by atoms with E-state index in [4.69, 9.17) is 0 Å². The second-order valence-corrected chi connectivity index (χ2v) is 6.70. The third-order valence-corrected chi connectivity index (χ3v) is 5.29. The highest BCUT2D eigenvalue weighted by molar-refractivity contribution is 9.10. The van der Waals surface area contributed by atoms with Crippen LogP contribution in [0, 0.1) is 19.8 Å². The summed E-state index contributed by atoms with van der Waals surface area (Å²) in [5.41, 5.74) is 2.06. The zero-order valence-corrected chi connectivity index (χ0v) is 14.2. The Bertz CT molecular complexity index is 478. The molecular formula is C15H24BrN3O. The van der Waals surface area contributed by atoms with Gasteiger partial charge >= 0.3 is 0 Å². The molecule has 5 heteroatoms. The first kappa shape index (κ1) is 15.5. The standard InChI is InChI=1S/C15H24BrN3O/c1-10(9-19-12(3)14(16)11(2)18-19)15(20)17-13-7-5-4-6-8-13/h10,13H,4-9H2,1-3H3,(H,17,20)/t10-/m0/s1. The first-order chi connectivity index (χ1) is 9.49. The van der Waals surface area contributed by atoms with Crippen molar-refractivity contribution in [2.24, 2.45) is 5.92 Å². The lowest BCUT2D eigenvalue weighted by Gasteiger charge is -2.24. The molecule has 0 aliphatic heterocycles. The van der Waals surface area contributed by atoms with Crippen molar-refractivity contribution in [2.75, 3.05) is 0 Å². The van der Waals surface area contributed by atoms with Gasteiger partial charge in [-0.05, 0) is 42.6 Å². The van der Waals surface area contributed by atoms with Crippen molar-refractivity contribution in [3.63, 3.8) is 0 Å². The molecule has 0 bridgehead atoms. The average Bonchev–Trinajstić information content (AvgIpc) is 2.67. The molecule has 0 saturated heterocycles.